The van der Waals surface area contributed by atoms with Crippen LogP contribution in [-0.2, 0) is 42.9 Å². The molecule has 6 aliphatic rings. The smallest absolute Gasteiger partial charge is 0.331 e. The largest absolute Gasteiger partial charge is 0.462 e. The molecule has 0 aromatic carbocycles. The molecule has 3 aliphatic carbocycles. The van der Waals surface area contributed by atoms with E-state index in [2.05, 4.69) is 39.8 Å². The number of hydrogen-bond acceptors (Lipinski definition) is 9. The van der Waals surface area contributed by atoms with Gasteiger partial charge in [-0.15, -0.1) is 0 Å². The second-order valence-corrected chi connectivity index (χ2v) is 17.8. The maximum atomic E-state index is 13.8. The third-order valence-electron chi connectivity index (χ3n) is 12.4. The van der Waals surface area contributed by atoms with Gasteiger partial charge in [0.1, 0.15) is 12.2 Å². The fourth-order valence-corrected chi connectivity index (χ4v) is 10.1. The Balaban J connectivity index is 0.000000214. The quantitative estimate of drug-likeness (QED) is 0.128. The van der Waals surface area contributed by atoms with Crippen LogP contribution in [0.3, 0.4) is 0 Å². The Bertz CT molecular complexity index is 1530. The molecule has 2 spiro atoms. The molecule has 7 atom stereocenters. The van der Waals surface area contributed by atoms with Crippen LogP contribution in [0, 0.1) is 23.7 Å². The topological polar surface area (TPSA) is 121 Å². The van der Waals surface area contributed by atoms with Crippen molar-refractivity contribution in [3.8, 4) is 0 Å². The molecule has 56 heavy (non-hydrogen) atoms. The molecule has 0 aromatic heterocycles. The van der Waals surface area contributed by atoms with E-state index in [-0.39, 0.29) is 77.3 Å². The second kappa shape index (κ2) is 18.5. The van der Waals surface area contributed by atoms with Crippen LogP contribution in [0.15, 0.2) is 47.6 Å². The van der Waals surface area contributed by atoms with Crippen molar-refractivity contribution < 1.29 is 42.9 Å². The van der Waals surface area contributed by atoms with Crippen LogP contribution in [0.1, 0.15) is 121 Å². The molecule has 2 unspecified atom stereocenters. The summed E-state index contributed by atoms with van der Waals surface area (Å²) in [7, 11) is 0. The van der Waals surface area contributed by atoms with Crippen molar-refractivity contribution >= 4 is 23.8 Å². The van der Waals surface area contributed by atoms with Crippen LogP contribution in [0.4, 0.5) is 0 Å². The zero-order valence-electron chi connectivity index (χ0n) is 35.6. The van der Waals surface area contributed by atoms with Gasteiger partial charge in [0.2, 0.25) is 11.8 Å². The first-order valence-corrected chi connectivity index (χ1v) is 21.2. The summed E-state index contributed by atoms with van der Waals surface area (Å²) in [4.78, 5) is 54.6. The van der Waals surface area contributed by atoms with E-state index in [1.54, 1.807) is 24.0 Å². The molecule has 11 heteroatoms. The maximum absolute atomic E-state index is 13.8. The molecule has 0 bridgehead atoms. The van der Waals surface area contributed by atoms with Crippen molar-refractivity contribution in [3.05, 3.63) is 47.6 Å². The Morgan fingerprint density at radius 1 is 0.839 bits per heavy atom. The Morgan fingerprint density at radius 3 is 2.11 bits per heavy atom. The van der Waals surface area contributed by atoms with E-state index in [9.17, 15) is 19.2 Å². The number of fused-ring (bicyclic) bond motifs is 2. The zero-order valence-corrected chi connectivity index (χ0v) is 35.6. The summed E-state index contributed by atoms with van der Waals surface area (Å²) in [6, 6.07) is 0.499. The van der Waals surface area contributed by atoms with Crippen LogP contribution < -0.4 is 0 Å². The fraction of sp³-hybridized carbons (Fsp3) is 0.733. The molecule has 0 N–H and O–H groups in total. The minimum Gasteiger partial charge on any atom is -0.462 e. The number of carbonyl (C=O) groups excluding carboxylic acids is 4. The number of ether oxygens (including phenoxy) is 5. The van der Waals surface area contributed by atoms with Gasteiger partial charge in [0.05, 0.1) is 30.7 Å². The van der Waals surface area contributed by atoms with Crippen molar-refractivity contribution in [2.45, 2.75) is 168 Å². The SMILES string of the molecule is CC(/C=C\C(=O)N(C(C)C)C(C)C)OC(=O)/C=C/C1=CCCC2(C1)OCCO2.CC(C)N(C(=O)[C@@H]1[C@@H]2[C@@H](C)OC(=O)[C@@H]2C=C2CC3(CCCO3)CC[C@H]21)C(C)C. The van der Waals surface area contributed by atoms with Crippen molar-refractivity contribution in [3.63, 3.8) is 0 Å². The highest BCUT2D eigenvalue weighted by Gasteiger charge is 2.57. The number of cyclic esters (lactones) is 1. The average Bonchev–Trinajstić information content (AvgIpc) is 3.84. The number of amides is 2. The first kappa shape index (κ1) is 43.8. The third kappa shape index (κ3) is 10.0. The summed E-state index contributed by atoms with van der Waals surface area (Å²) in [5, 5.41) is 0. The van der Waals surface area contributed by atoms with Gasteiger partial charge in [0.15, 0.2) is 5.79 Å². The number of nitrogens with zero attached hydrogens (tertiary/aromatic N) is 2. The fourth-order valence-electron chi connectivity index (χ4n) is 10.1. The van der Waals surface area contributed by atoms with Gasteiger partial charge in [-0.2, -0.15) is 0 Å². The standard InChI is InChI=1S/C23H35NO4.C22H33NO5/c1-13(2)24(14(3)4)21(25)20-17-7-9-23(8-6-10-27-23)12-16(17)11-18-19(20)15(5)28-22(18)26;1-16(2)23(17(3)4)20(24)10-8-18(5)28-21(25)11-9-19-7-6-12-22(15-19)26-13-14-27-22/h11,13-15,17-20H,6-10,12H2,1-5H3;7-11,16-18H,6,12-15H2,1-5H3/b;10-8-,11-9+/t15-,17-,18-,19-,20+,23?;/m1./s1. The monoisotopic (exact) mass is 780 g/mol. The number of hydrogen-bond donors (Lipinski definition) is 0. The highest BCUT2D eigenvalue weighted by molar-refractivity contribution is 5.88. The van der Waals surface area contributed by atoms with E-state index < -0.39 is 17.9 Å². The van der Waals surface area contributed by atoms with Crippen molar-refractivity contribution in [1.82, 2.24) is 9.80 Å². The van der Waals surface area contributed by atoms with E-state index in [0.717, 1.165) is 57.1 Å². The summed E-state index contributed by atoms with van der Waals surface area (Å²) < 4.78 is 28.6. The lowest BCUT2D eigenvalue weighted by molar-refractivity contribution is -0.162. The van der Waals surface area contributed by atoms with Gasteiger partial charge in [-0.05, 0) is 125 Å². The Hall–Kier alpha value is -3.28. The summed E-state index contributed by atoms with van der Waals surface area (Å²) in [5.74, 6) is -1.30. The molecule has 312 valence electrons. The molecule has 3 heterocycles. The summed E-state index contributed by atoms with van der Waals surface area (Å²) >= 11 is 0. The average molecular weight is 781 g/mol. The van der Waals surface area contributed by atoms with Gasteiger partial charge in [0, 0.05) is 61.7 Å². The lowest BCUT2D eigenvalue weighted by Gasteiger charge is -2.48. The molecule has 4 fully saturated rings. The van der Waals surface area contributed by atoms with Gasteiger partial charge in [0.25, 0.3) is 0 Å². The predicted molar refractivity (Wildman–Crippen MR) is 214 cm³/mol. The van der Waals surface area contributed by atoms with Crippen LogP contribution in [0.25, 0.3) is 0 Å². The van der Waals surface area contributed by atoms with Crippen LogP contribution in [-0.4, -0.2) is 101 Å². The van der Waals surface area contributed by atoms with E-state index in [1.807, 2.05) is 39.5 Å². The van der Waals surface area contributed by atoms with Gasteiger partial charge in [-0.25, -0.2) is 4.79 Å². The van der Waals surface area contributed by atoms with Gasteiger partial charge < -0.3 is 33.5 Å². The number of carbonyl (C=O) groups is 4. The van der Waals surface area contributed by atoms with Gasteiger partial charge in [-0.1, -0.05) is 23.8 Å². The van der Waals surface area contributed by atoms with Crippen molar-refractivity contribution in [2.75, 3.05) is 19.8 Å². The zero-order chi connectivity index (χ0) is 40.9. The number of allylic oxidation sites excluding steroid dienone is 2. The van der Waals surface area contributed by atoms with Gasteiger partial charge in [-0.3, -0.25) is 14.4 Å². The third-order valence-corrected chi connectivity index (χ3v) is 12.4. The lowest BCUT2D eigenvalue weighted by Crippen LogP contribution is -2.53. The highest BCUT2D eigenvalue weighted by atomic mass is 16.7. The normalized spacial score (nSPS) is 30.0. The van der Waals surface area contributed by atoms with E-state index in [0.29, 0.717) is 19.6 Å². The van der Waals surface area contributed by atoms with Crippen molar-refractivity contribution in [2.24, 2.45) is 23.7 Å². The minimum atomic E-state index is -0.520. The molecular weight excluding hydrogens is 712 g/mol. The van der Waals surface area contributed by atoms with Crippen LogP contribution in [0.5, 0.6) is 0 Å². The van der Waals surface area contributed by atoms with E-state index >= 15 is 0 Å². The Kier molecular flexibility index (Phi) is 14.5. The summed E-state index contributed by atoms with van der Waals surface area (Å²) in [6.07, 6.45) is 17.2. The lowest BCUT2D eigenvalue weighted by atomic mass is 9.59. The number of rotatable bonds is 10. The molecule has 3 saturated heterocycles. The maximum Gasteiger partial charge on any atom is 0.331 e. The second-order valence-electron chi connectivity index (χ2n) is 17.8. The molecule has 2 amide bonds. The van der Waals surface area contributed by atoms with Gasteiger partial charge >= 0.3 is 11.9 Å². The molecule has 6 rings (SSSR count). The molecule has 11 nitrogen and oxygen atoms in total. The first-order valence-electron chi connectivity index (χ1n) is 21.2. The van der Waals surface area contributed by atoms with E-state index in [4.69, 9.17) is 23.7 Å². The molecular formula is C45H68N2O9. The van der Waals surface area contributed by atoms with Crippen LogP contribution in [0.2, 0.25) is 0 Å². The predicted octanol–water partition coefficient (Wildman–Crippen LogP) is 7.24. The molecule has 0 radical (unpaired) electrons. The first-order chi connectivity index (χ1) is 26.5. The highest BCUT2D eigenvalue weighted by Crippen LogP contribution is 2.54. The minimum absolute atomic E-state index is 0.0488. The Labute approximate surface area is 335 Å². The van der Waals surface area contributed by atoms with E-state index in [1.165, 1.54) is 17.7 Å². The summed E-state index contributed by atoms with van der Waals surface area (Å²) in [5.41, 5.74) is 2.21. The van der Waals surface area contributed by atoms with Crippen LogP contribution >= 0.6 is 0 Å². The molecule has 3 aliphatic heterocycles. The molecule has 0 aromatic rings. The summed E-state index contributed by atoms with van der Waals surface area (Å²) in [6.45, 7) is 22.0. The Morgan fingerprint density at radius 2 is 1.50 bits per heavy atom. The van der Waals surface area contributed by atoms with Crippen molar-refractivity contribution in [1.29, 1.82) is 0 Å². The molecule has 1 saturated carbocycles. The number of esters is 2.